The third-order valence-electron chi connectivity index (χ3n) is 1.82. The molecular weight excluding hydrogens is 176 g/mol. The van der Waals surface area contributed by atoms with E-state index in [0.29, 0.717) is 5.92 Å². The van der Waals surface area contributed by atoms with Gasteiger partial charge in [-0.2, -0.15) is 0 Å². The quantitative estimate of drug-likeness (QED) is 0.494. The zero-order valence-corrected chi connectivity index (χ0v) is 9.88. The lowest BCUT2D eigenvalue weighted by atomic mass is 10.0. The highest BCUT2D eigenvalue weighted by Gasteiger charge is 1.98. The van der Waals surface area contributed by atoms with Gasteiger partial charge in [0.2, 0.25) is 0 Å². The highest BCUT2D eigenvalue weighted by atomic mass is 16.3. The van der Waals surface area contributed by atoms with E-state index in [4.69, 9.17) is 4.79 Å². The van der Waals surface area contributed by atoms with Crippen LogP contribution in [0.15, 0.2) is 11.6 Å². The Kier molecular flexibility index (Phi) is 14.0. The van der Waals surface area contributed by atoms with Crippen LogP contribution in [0.4, 0.5) is 0 Å². The van der Waals surface area contributed by atoms with Gasteiger partial charge in [-0.05, 0) is 46.0 Å². The molecule has 0 aliphatic carbocycles. The van der Waals surface area contributed by atoms with Gasteiger partial charge >= 0.3 is 0 Å². The zero-order valence-electron chi connectivity index (χ0n) is 9.88. The van der Waals surface area contributed by atoms with Crippen LogP contribution in [0.5, 0.6) is 0 Å². The van der Waals surface area contributed by atoms with Crippen molar-refractivity contribution in [2.75, 3.05) is 6.61 Å². The highest BCUT2D eigenvalue weighted by molar-refractivity contribution is 5.44. The molecule has 2 heteroatoms. The third kappa shape index (κ3) is 17.5. The molecule has 0 rings (SSSR count). The Morgan fingerprint density at radius 3 is 2.14 bits per heavy atom. The van der Waals surface area contributed by atoms with E-state index >= 15 is 0 Å². The normalized spacial score (nSPS) is 10.9. The first-order valence-corrected chi connectivity index (χ1v) is 5.19. The maximum absolute atomic E-state index is 10.2. The molecule has 0 aromatic carbocycles. The smallest absolute Gasteiger partial charge is 0.116 e. The second-order valence-corrected chi connectivity index (χ2v) is 3.69. The minimum Gasteiger partial charge on any atom is -0.304 e. The fourth-order valence-corrected chi connectivity index (χ4v) is 1.00. The van der Waals surface area contributed by atoms with Crippen molar-refractivity contribution in [1.29, 1.82) is 0 Å². The molecule has 0 spiro atoms. The van der Waals surface area contributed by atoms with Gasteiger partial charge in [0.15, 0.2) is 0 Å². The molecule has 1 radical (unpaired) electrons. The van der Waals surface area contributed by atoms with Crippen LogP contribution in [0.2, 0.25) is 0 Å². The predicted molar refractivity (Wildman–Crippen MR) is 59.7 cm³/mol. The second-order valence-electron chi connectivity index (χ2n) is 3.69. The molecule has 0 bridgehead atoms. The van der Waals surface area contributed by atoms with Crippen LogP contribution >= 0.6 is 0 Å². The van der Waals surface area contributed by atoms with Gasteiger partial charge in [-0.1, -0.05) is 18.6 Å². The van der Waals surface area contributed by atoms with E-state index in [1.165, 1.54) is 12.5 Å². The van der Waals surface area contributed by atoms with Crippen LogP contribution in [0.3, 0.4) is 0 Å². The molecule has 1 atom stereocenters. The van der Waals surface area contributed by atoms with Crippen LogP contribution in [0.1, 0.15) is 47.0 Å². The molecule has 0 aromatic heterocycles. The van der Waals surface area contributed by atoms with Crippen LogP contribution in [-0.2, 0) is 9.90 Å². The van der Waals surface area contributed by atoms with Crippen LogP contribution in [0, 0.1) is 5.92 Å². The lowest BCUT2D eigenvalue weighted by Crippen LogP contribution is -1.96. The van der Waals surface area contributed by atoms with Gasteiger partial charge in [0.25, 0.3) is 0 Å². The minimum atomic E-state index is 0.0794. The van der Waals surface area contributed by atoms with E-state index in [0.717, 1.165) is 25.5 Å². The Labute approximate surface area is 88.0 Å². The van der Waals surface area contributed by atoms with E-state index in [1.54, 1.807) is 0 Å². The molecule has 0 aliphatic rings. The van der Waals surface area contributed by atoms with Gasteiger partial charge in [-0.15, -0.1) is 0 Å². The summed E-state index contributed by atoms with van der Waals surface area (Å²) in [5.41, 5.74) is 1.37. The Hall–Kier alpha value is -0.630. The molecule has 14 heavy (non-hydrogen) atoms. The van der Waals surface area contributed by atoms with Crippen molar-refractivity contribution in [3.8, 4) is 0 Å². The number of allylic oxidation sites excluding steroid dienone is 2. The molecule has 0 aromatic rings. The molecule has 1 unspecified atom stereocenters. The Morgan fingerprint density at radius 1 is 1.29 bits per heavy atom. The fourth-order valence-electron chi connectivity index (χ4n) is 1.00. The van der Waals surface area contributed by atoms with Gasteiger partial charge in [0.1, 0.15) is 6.29 Å². The Morgan fingerprint density at radius 2 is 1.79 bits per heavy atom. The first kappa shape index (κ1) is 15.8. The van der Waals surface area contributed by atoms with Crippen LogP contribution < -0.4 is 0 Å². The summed E-state index contributed by atoms with van der Waals surface area (Å²) in [7, 11) is 0. The van der Waals surface area contributed by atoms with Gasteiger partial charge in [0.05, 0.1) is 6.61 Å². The van der Waals surface area contributed by atoms with Crippen molar-refractivity contribution < 1.29 is 9.90 Å². The summed E-state index contributed by atoms with van der Waals surface area (Å²) in [6.07, 6.45) is 6.11. The standard InChI is InChI=1S/C10H19O.C2H4O/c1-9(2)5-4-6-10(3)7-8-11;1-2-3/h5,10H,4,6-8H2,1-3H3;2H,1H3. The largest absolute Gasteiger partial charge is 0.304 e. The van der Waals surface area contributed by atoms with E-state index in [9.17, 15) is 5.11 Å². The van der Waals surface area contributed by atoms with Gasteiger partial charge in [-0.3, -0.25) is 0 Å². The summed E-state index contributed by atoms with van der Waals surface area (Å²) in [4.78, 5) is 8.81. The van der Waals surface area contributed by atoms with Crippen molar-refractivity contribution in [3.63, 3.8) is 0 Å². The Balaban J connectivity index is 0. The molecule has 83 valence electrons. The Bertz CT molecular complexity index is 146. The van der Waals surface area contributed by atoms with Crippen molar-refractivity contribution in [2.24, 2.45) is 5.92 Å². The van der Waals surface area contributed by atoms with Crippen LogP contribution in [0.25, 0.3) is 0 Å². The average molecular weight is 199 g/mol. The lowest BCUT2D eigenvalue weighted by molar-refractivity contribution is -0.106. The summed E-state index contributed by atoms with van der Waals surface area (Å²) in [6.45, 7) is 7.89. The number of rotatable bonds is 5. The zero-order chi connectivity index (χ0) is 11.4. The number of hydrogen-bond donors (Lipinski definition) is 0. The van der Waals surface area contributed by atoms with E-state index in [1.807, 2.05) is 0 Å². The van der Waals surface area contributed by atoms with Gasteiger partial charge < -0.3 is 4.79 Å². The van der Waals surface area contributed by atoms with Crippen molar-refractivity contribution in [3.05, 3.63) is 11.6 Å². The van der Waals surface area contributed by atoms with E-state index in [-0.39, 0.29) is 6.61 Å². The average Bonchev–Trinajstić information content (AvgIpc) is 2.05. The van der Waals surface area contributed by atoms with Crippen molar-refractivity contribution in [2.45, 2.75) is 47.0 Å². The molecule has 0 N–H and O–H groups in total. The number of carbonyl (C=O) groups is 1. The van der Waals surface area contributed by atoms with E-state index in [2.05, 4.69) is 26.8 Å². The van der Waals surface area contributed by atoms with Crippen LogP contribution in [-0.4, -0.2) is 12.9 Å². The number of aldehydes is 1. The molecule has 0 fully saturated rings. The summed E-state index contributed by atoms with van der Waals surface area (Å²) in [5, 5.41) is 10.2. The second kappa shape index (κ2) is 12.4. The maximum Gasteiger partial charge on any atom is 0.116 e. The summed E-state index contributed by atoms with van der Waals surface area (Å²) < 4.78 is 0. The lowest BCUT2D eigenvalue weighted by Gasteiger charge is -2.05. The SMILES string of the molecule is CC(C)=CCCC(C)CC[O].CC=O. The third-order valence-corrected chi connectivity index (χ3v) is 1.82. The molecular formula is C12H23O2. The molecule has 0 saturated carbocycles. The van der Waals surface area contributed by atoms with Gasteiger partial charge in [0, 0.05) is 0 Å². The minimum absolute atomic E-state index is 0.0794. The predicted octanol–water partition coefficient (Wildman–Crippen LogP) is 3.39. The topological polar surface area (TPSA) is 37.0 Å². The van der Waals surface area contributed by atoms with Crippen molar-refractivity contribution >= 4 is 6.29 Å². The molecule has 0 saturated heterocycles. The first-order chi connectivity index (χ1) is 6.58. The van der Waals surface area contributed by atoms with E-state index < -0.39 is 0 Å². The molecule has 0 amide bonds. The molecule has 0 aliphatic heterocycles. The summed E-state index contributed by atoms with van der Waals surface area (Å²) in [5.74, 6) is 0.600. The fraction of sp³-hybridized carbons (Fsp3) is 0.750. The number of hydrogen-bond acceptors (Lipinski definition) is 1. The van der Waals surface area contributed by atoms with Crippen molar-refractivity contribution in [1.82, 2.24) is 0 Å². The van der Waals surface area contributed by atoms with Gasteiger partial charge in [-0.25, -0.2) is 5.11 Å². The monoisotopic (exact) mass is 199 g/mol. The summed E-state index contributed by atoms with van der Waals surface area (Å²) in [6, 6.07) is 0. The molecule has 0 heterocycles. The molecule has 2 nitrogen and oxygen atoms in total. The highest BCUT2D eigenvalue weighted by Crippen LogP contribution is 2.10. The first-order valence-electron chi connectivity index (χ1n) is 5.19. The maximum atomic E-state index is 10.2. The summed E-state index contributed by atoms with van der Waals surface area (Å²) >= 11 is 0. The number of carbonyl (C=O) groups excluding carboxylic acids is 1.